The maximum absolute atomic E-state index is 11.9. The van der Waals surface area contributed by atoms with Crippen molar-refractivity contribution in [2.45, 2.75) is 50.9 Å². The van der Waals surface area contributed by atoms with Gasteiger partial charge < -0.3 is 5.11 Å². The predicted octanol–water partition coefficient (Wildman–Crippen LogP) is 3.36. The van der Waals surface area contributed by atoms with Gasteiger partial charge in [-0.05, 0) is 54.9 Å². The fraction of sp³-hybridized carbons (Fsp3) is 0.562. The molecule has 1 N–H and O–H groups in total. The number of aryl methyl sites for hydroxylation is 1. The number of Topliss-reactive ketones (excluding diaryl/α,β-unsaturated/α-hetero) is 1. The third-order valence-electron chi connectivity index (χ3n) is 5.08. The lowest BCUT2D eigenvalue weighted by Gasteiger charge is -2.47. The van der Waals surface area contributed by atoms with E-state index in [1.54, 1.807) is 6.07 Å². The zero-order valence-electron chi connectivity index (χ0n) is 10.9. The quantitative estimate of drug-likeness (QED) is 0.822. The first-order valence-electron chi connectivity index (χ1n) is 7.00. The second kappa shape index (κ2) is 4.11. The number of aromatic hydroxyl groups is 1. The molecule has 0 aliphatic heterocycles. The second-order valence-corrected chi connectivity index (χ2v) is 5.84. The smallest absolute Gasteiger partial charge is 0.133 e. The Labute approximate surface area is 108 Å². The predicted molar refractivity (Wildman–Crippen MR) is 70.7 cm³/mol. The van der Waals surface area contributed by atoms with E-state index < -0.39 is 0 Å². The number of hydrogen-bond donors (Lipinski definition) is 1. The fourth-order valence-corrected chi connectivity index (χ4v) is 4.14. The number of hydrogen-bond acceptors (Lipinski definition) is 2. The average molecular weight is 244 g/mol. The Balaban J connectivity index is 2.13. The van der Waals surface area contributed by atoms with E-state index in [2.05, 4.69) is 13.0 Å². The van der Waals surface area contributed by atoms with Crippen molar-refractivity contribution in [3.05, 3.63) is 29.3 Å². The van der Waals surface area contributed by atoms with Crippen molar-refractivity contribution < 1.29 is 9.90 Å². The standard InChI is InChI=1S/C16H20O2/c1-2-16-10-14(18)6-5-12(16)4-3-11-9-13(17)7-8-15(11)16/h7-9,12,17H,2-6,10H2,1H3/t12-,16?/m1/s1. The Kier molecular flexibility index (Phi) is 2.69. The van der Waals surface area contributed by atoms with Gasteiger partial charge in [0.25, 0.3) is 0 Å². The molecule has 3 rings (SSSR count). The molecule has 2 nitrogen and oxygen atoms in total. The van der Waals surface area contributed by atoms with Gasteiger partial charge in [-0.15, -0.1) is 0 Å². The van der Waals surface area contributed by atoms with Crippen molar-refractivity contribution in [2.75, 3.05) is 0 Å². The topological polar surface area (TPSA) is 37.3 Å². The molecule has 96 valence electrons. The van der Waals surface area contributed by atoms with Crippen LogP contribution in [-0.2, 0) is 16.6 Å². The molecule has 2 heteroatoms. The van der Waals surface area contributed by atoms with Crippen molar-refractivity contribution in [3.8, 4) is 5.75 Å². The van der Waals surface area contributed by atoms with Gasteiger partial charge in [-0.3, -0.25) is 4.79 Å². The minimum atomic E-state index is 0.0522. The molecule has 0 amide bonds. The number of benzene rings is 1. The number of carbonyl (C=O) groups is 1. The summed E-state index contributed by atoms with van der Waals surface area (Å²) in [7, 11) is 0. The largest absolute Gasteiger partial charge is 0.508 e. The van der Waals surface area contributed by atoms with E-state index >= 15 is 0 Å². The molecular weight excluding hydrogens is 224 g/mol. The van der Waals surface area contributed by atoms with Crippen LogP contribution in [0.15, 0.2) is 18.2 Å². The summed E-state index contributed by atoms with van der Waals surface area (Å²) in [6.45, 7) is 2.20. The van der Waals surface area contributed by atoms with E-state index in [4.69, 9.17) is 0 Å². The van der Waals surface area contributed by atoms with E-state index in [9.17, 15) is 9.90 Å². The summed E-state index contributed by atoms with van der Waals surface area (Å²) in [5.74, 6) is 1.41. The molecule has 0 aromatic heterocycles. The van der Waals surface area contributed by atoms with Gasteiger partial charge in [0.2, 0.25) is 0 Å². The van der Waals surface area contributed by atoms with E-state index in [0.717, 1.165) is 32.1 Å². The van der Waals surface area contributed by atoms with Crippen LogP contribution in [0, 0.1) is 5.92 Å². The van der Waals surface area contributed by atoms with Crippen LogP contribution in [0.25, 0.3) is 0 Å². The maximum Gasteiger partial charge on any atom is 0.133 e. The third-order valence-corrected chi connectivity index (χ3v) is 5.08. The van der Waals surface area contributed by atoms with Crippen molar-refractivity contribution in [2.24, 2.45) is 5.92 Å². The molecule has 1 unspecified atom stereocenters. The molecule has 2 aliphatic rings. The fourth-order valence-electron chi connectivity index (χ4n) is 4.14. The summed E-state index contributed by atoms with van der Waals surface area (Å²) < 4.78 is 0. The first kappa shape index (κ1) is 11.8. The Morgan fingerprint density at radius 3 is 2.89 bits per heavy atom. The highest BCUT2D eigenvalue weighted by Crippen LogP contribution is 2.51. The minimum Gasteiger partial charge on any atom is -0.508 e. The van der Waals surface area contributed by atoms with Gasteiger partial charge in [0.1, 0.15) is 11.5 Å². The zero-order valence-corrected chi connectivity index (χ0v) is 10.9. The summed E-state index contributed by atoms with van der Waals surface area (Å²) in [5, 5.41) is 9.63. The lowest BCUT2D eigenvalue weighted by molar-refractivity contribution is -0.124. The van der Waals surface area contributed by atoms with Crippen LogP contribution in [-0.4, -0.2) is 10.9 Å². The molecule has 1 aromatic rings. The van der Waals surface area contributed by atoms with Gasteiger partial charge in [-0.2, -0.15) is 0 Å². The van der Waals surface area contributed by atoms with E-state index in [-0.39, 0.29) is 5.41 Å². The van der Waals surface area contributed by atoms with Crippen LogP contribution in [0.4, 0.5) is 0 Å². The SMILES string of the molecule is CCC12CC(=O)CC[C@H]1CCc1cc(O)ccc12. The molecule has 1 saturated carbocycles. The van der Waals surface area contributed by atoms with Crippen molar-refractivity contribution in [3.63, 3.8) is 0 Å². The first-order valence-corrected chi connectivity index (χ1v) is 7.00. The second-order valence-electron chi connectivity index (χ2n) is 5.84. The van der Waals surface area contributed by atoms with Crippen molar-refractivity contribution in [1.29, 1.82) is 0 Å². The lowest BCUT2D eigenvalue weighted by atomic mass is 9.56. The van der Waals surface area contributed by atoms with Crippen LogP contribution in [0.2, 0.25) is 0 Å². The van der Waals surface area contributed by atoms with E-state index in [1.165, 1.54) is 11.1 Å². The number of phenolic OH excluding ortho intramolecular Hbond substituents is 1. The highest BCUT2D eigenvalue weighted by atomic mass is 16.3. The summed E-state index contributed by atoms with van der Waals surface area (Å²) in [6.07, 6.45) is 5.75. The number of ketones is 1. The summed E-state index contributed by atoms with van der Waals surface area (Å²) in [4.78, 5) is 11.9. The summed E-state index contributed by atoms with van der Waals surface area (Å²) in [6, 6.07) is 5.72. The third kappa shape index (κ3) is 1.58. The van der Waals surface area contributed by atoms with Crippen molar-refractivity contribution in [1.82, 2.24) is 0 Å². The van der Waals surface area contributed by atoms with E-state index in [0.29, 0.717) is 23.9 Å². The highest BCUT2D eigenvalue weighted by molar-refractivity contribution is 5.81. The number of carbonyl (C=O) groups excluding carboxylic acids is 1. The number of rotatable bonds is 1. The molecule has 0 spiro atoms. The molecule has 2 aliphatic carbocycles. The normalized spacial score (nSPS) is 30.7. The molecule has 1 aromatic carbocycles. The van der Waals surface area contributed by atoms with Crippen LogP contribution in [0.3, 0.4) is 0 Å². The molecule has 0 bridgehead atoms. The zero-order chi connectivity index (χ0) is 12.8. The molecule has 18 heavy (non-hydrogen) atoms. The van der Waals surface area contributed by atoms with Gasteiger partial charge in [0, 0.05) is 18.3 Å². The average Bonchev–Trinajstić information content (AvgIpc) is 2.37. The van der Waals surface area contributed by atoms with Crippen LogP contribution in [0.1, 0.15) is 50.2 Å². The Morgan fingerprint density at radius 2 is 2.11 bits per heavy atom. The Morgan fingerprint density at radius 1 is 1.33 bits per heavy atom. The lowest BCUT2D eigenvalue weighted by Crippen LogP contribution is -2.44. The molecule has 0 saturated heterocycles. The summed E-state index contributed by atoms with van der Waals surface area (Å²) in [5.41, 5.74) is 2.63. The number of phenols is 1. The Bertz CT molecular complexity index is 492. The van der Waals surface area contributed by atoms with Gasteiger partial charge in [0.15, 0.2) is 0 Å². The van der Waals surface area contributed by atoms with Gasteiger partial charge in [-0.1, -0.05) is 13.0 Å². The van der Waals surface area contributed by atoms with E-state index in [1.807, 2.05) is 6.07 Å². The molecule has 0 heterocycles. The van der Waals surface area contributed by atoms with Gasteiger partial charge in [-0.25, -0.2) is 0 Å². The Hall–Kier alpha value is -1.31. The maximum atomic E-state index is 11.9. The summed E-state index contributed by atoms with van der Waals surface area (Å²) >= 11 is 0. The van der Waals surface area contributed by atoms with Gasteiger partial charge in [0.05, 0.1) is 0 Å². The number of fused-ring (bicyclic) bond motifs is 3. The monoisotopic (exact) mass is 244 g/mol. The molecular formula is C16H20O2. The molecule has 1 fully saturated rings. The first-order chi connectivity index (χ1) is 8.65. The molecule has 2 atom stereocenters. The highest BCUT2D eigenvalue weighted by Gasteiger charge is 2.46. The van der Waals surface area contributed by atoms with Crippen molar-refractivity contribution >= 4 is 5.78 Å². The minimum absolute atomic E-state index is 0.0522. The molecule has 0 radical (unpaired) electrons. The van der Waals surface area contributed by atoms with Crippen LogP contribution in [0.5, 0.6) is 5.75 Å². The van der Waals surface area contributed by atoms with Crippen LogP contribution < -0.4 is 0 Å². The van der Waals surface area contributed by atoms with Crippen LogP contribution >= 0.6 is 0 Å². The van der Waals surface area contributed by atoms with Gasteiger partial charge >= 0.3 is 0 Å².